The highest BCUT2D eigenvalue weighted by atomic mass is 32.1. The lowest BCUT2D eigenvalue weighted by Crippen LogP contribution is -2.48. The van der Waals surface area contributed by atoms with Gasteiger partial charge in [-0.05, 0) is 18.9 Å². The zero-order chi connectivity index (χ0) is 16.9. The van der Waals surface area contributed by atoms with Crippen molar-refractivity contribution in [2.45, 2.75) is 50.6 Å². The molecule has 24 heavy (non-hydrogen) atoms. The van der Waals surface area contributed by atoms with Crippen LogP contribution in [0.1, 0.15) is 49.6 Å². The first-order chi connectivity index (χ1) is 11.6. The molecule has 6 nitrogen and oxygen atoms in total. The number of hydrogen-bond acceptors (Lipinski definition) is 4. The third-order valence-electron chi connectivity index (χ3n) is 4.67. The van der Waals surface area contributed by atoms with E-state index in [-0.39, 0.29) is 24.0 Å². The summed E-state index contributed by atoms with van der Waals surface area (Å²) < 4.78 is 1.99. The molecule has 0 bridgehead atoms. The molecule has 0 saturated heterocycles. The third-order valence-corrected chi connectivity index (χ3v) is 5.68. The summed E-state index contributed by atoms with van der Waals surface area (Å²) in [6.45, 7) is 2.77. The molecule has 2 aromatic heterocycles. The van der Waals surface area contributed by atoms with Gasteiger partial charge in [0, 0.05) is 43.5 Å². The van der Waals surface area contributed by atoms with E-state index >= 15 is 0 Å². The summed E-state index contributed by atoms with van der Waals surface area (Å²) in [4.78, 5) is 18.7. The Hall–Kier alpha value is -1.89. The van der Waals surface area contributed by atoms with Crippen molar-refractivity contribution in [3.05, 3.63) is 35.0 Å². The third kappa shape index (κ3) is 3.95. The molecule has 0 aromatic carbocycles. The normalized spacial score (nSPS) is 22.1. The van der Waals surface area contributed by atoms with E-state index in [1.54, 1.807) is 22.4 Å². The first kappa shape index (κ1) is 17.0. The van der Waals surface area contributed by atoms with Crippen LogP contribution in [0.25, 0.3) is 0 Å². The van der Waals surface area contributed by atoms with Crippen molar-refractivity contribution in [1.29, 1.82) is 0 Å². The Bertz CT molecular complexity index is 627. The number of thiazole rings is 1. The molecule has 0 unspecified atom stereocenters. The Labute approximate surface area is 146 Å². The summed E-state index contributed by atoms with van der Waals surface area (Å²) >= 11 is 1.64. The smallest absolute Gasteiger partial charge is 0.317 e. The van der Waals surface area contributed by atoms with Crippen LogP contribution in [0.15, 0.2) is 30.0 Å². The molecule has 1 fully saturated rings. The lowest BCUT2D eigenvalue weighted by atomic mass is 9.90. The van der Waals surface area contributed by atoms with Crippen LogP contribution in [-0.4, -0.2) is 45.3 Å². The molecule has 1 saturated carbocycles. The maximum absolute atomic E-state index is 12.6. The van der Waals surface area contributed by atoms with E-state index in [4.69, 9.17) is 0 Å². The van der Waals surface area contributed by atoms with E-state index < -0.39 is 0 Å². The van der Waals surface area contributed by atoms with Gasteiger partial charge >= 0.3 is 6.03 Å². The molecule has 1 aliphatic rings. The fourth-order valence-electron chi connectivity index (χ4n) is 3.39. The van der Waals surface area contributed by atoms with Crippen molar-refractivity contribution in [3.8, 4) is 0 Å². The lowest BCUT2D eigenvalue weighted by molar-refractivity contribution is 0.185. The molecule has 1 N–H and O–H groups in total. The Balaban J connectivity index is 1.58. The number of amides is 2. The SMILES string of the molecule is C[C@H](CN(C)C(=O)N[C@H]1CCCC[C@@H]1n1cccn1)c1nccs1. The van der Waals surface area contributed by atoms with Gasteiger partial charge < -0.3 is 10.2 Å². The van der Waals surface area contributed by atoms with E-state index in [1.165, 1.54) is 6.42 Å². The largest absolute Gasteiger partial charge is 0.333 e. The topological polar surface area (TPSA) is 63.1 Å². The number of rotatable bonds is 5. The molecular formula is C17H25N5OS. The van der Waals surface area contributed by atoms with Crippen LogP contribution in [0.2, 0.25) is 0 Å². The van der Waals surface area contributed by atoms with Crippen molar-refractivity contribution in [1.82, 2.24) is 25.0 Å². The Morgan fingerprint density at radius 2 is 2.29 bits per heavy atom. The fourth-order valence-corrected chi connectivity index (χ4v) is 4.08. The van der Waals surface area contributed by atoms with Crippen molar-refractivity contribution in [3.63, 3.8) is 0 Å². The quantitative estimate of drug-likeness (QED) is 0.903. The molecule has 1 aliphatic carbocycles. The second kappa shape index (κ2) is 7.79. The first-order valence-electron chi connectivity index (χ1n) is 8.55. The molecule has 2 amide bonds. The summed E-state index contributed by atoms with van der Waals surface area (Å²) in [5.74, 6) is 0.244. The average Bonchev–Trinajstić information content (AvgIpc) is 3.29. The molecular weight excluding hydrogens is 322 g/mol. The van der Waals surface area contributed by atoms with Gasteiger partial charge in [0.25, 0.3) is 0 Å². The molecule has 7 heteroatoms. The molecule has 130 valence electrons. The molecule has 2 aromatic rings. The van der Waals surface area contributed by atoms with E-state index in [0.29, 0.717) is 6.54 Å². The molecule has 3 atom stereocenters. The van der Waals surface area contributed by atoms with Crippen molar-refractivity contribution >= 4 is 17.4 Å². The second-order valence-corrected chi connectivity index (χ2v) is 7.47. The highest BCUT2D eigenvalue weighted by Gasteiger charge is 2.29. The number of nitrogens with one attached hydrogen (secondary N) is 1. The van der Waals surface area contributed by atoms with Crippen molar-refractivity contribution in [2.24, 2.45) is 0 Å². The second-order valence-electron chi connectivity index (χ2n) is 6.55. The molecule has 0 radical (unpaired) electrons. The Morgan fingerprint density at radius 3 is 3.00 bits per heavy atom. The molecule has 2 heterocycles. The number of nitrogens with zero attached hydrogens (tertiary/aromatic N) is 4. The van der Waals surface area contributed by atoms with E-state index in [2.05, 4.69) is 22.3 Å². The summed E-state index contributed by atoms with van der Waals surface area (Å²) in [5.41, 5.74) is 0. The van der Waals surface area contributed by atoms with E-state index in [9.17, 15) is 4.79 Å². The van der Waals surface area contributed by atoms with Gasteiger partial charge in [0.2, 0.25) is 0 Å². The Morgan fingerprint density at radius 1 is 1.46 bits per heavy atom. The number of carbonyl (C=O) groups excluding carboxylic acids is 1. The highest BCUT2D eigenvalue weighted by Crippen LogP contribution is 2.28. The maximum Gasteiger partial charge on any atom is 0.317 e. The molecule has 0 spiro atoms. The van der Waals surface area contributed by atoms with Crippen LogP contribution in [0, 0.1) is 0 Å². The van der Waals surface area contributed by atoms with Gasteiger partial charge in [0.15, 0.2) is 0 Å². The van der Waals surface area contributed by atoms with Gasteiger partial charge in [-0.25, -0.2) is 9.78 Å². The number of hydrogen-bond donors (Lipinski definition) is 1. The fraction of sp³-hybridized carbons (Fsp3) is 0.588. The first-order valence-corrected chi connectivity index (χ1v) is 9.43. The summed E-state index contributed by atoms with van der Waals surface area (Å²) in [7, 11) is 1.85. The number of urea groups is 1. The minimum absolute atomic E-state index is 0.0116. The summed E-state index contributed by atoms with van der Waals surface area (Å²) in [5, 5.41) is 10.6. The number of aromatic nitrogens is 3. The van der Waals surface area contributed by atoms with E-state index in [1.807, 2.05) is 35.6 Å². The van der Waals surface area contributed by atoms with Gasteiger partial charge in [-0.1, -0.05) is 19.8 Å². The van der Waals surface area contributed by atoms with Gasteiger partial charge in [-0.2, -0.15) is 5.10 Å². The van der Waals surface area contributed by atoms with Crippen LogP contribution in [-0.2, 0) is 0 Å². The maximum atomic E-state index is 12.6. The molecule has 0 aliphatic heterocycles. The predicted molar refractivity (Wildman–Crippen MR) is 95.2 cm³/mol. The zero-order valence-corrected chi connectivity index (χ0v) is 15.1. The Kier molecular flexibility index (Phi) is 5.50. The monoisotopic (exact) mass is 347 g/mol. The summed E-state index contributed by atoms with van der Waals surface area (Å²) in [6.07, 6.45) is 10.0. The van der Waals surface area contributed by atoms with Crippen LogP contribution >= 0.6 is 11.3 Å². The lowest BCUT2D eigenvalue weighted by Gasteiger charge is -2.34. The van der Waals surface area contributed by atoms with Crippen LogP contribution in [0.5, 0.6) is 0 Å². The number of likely N-dealkylation sites (N-methyl/N-ethyl adjacent to an activating group) is 1. The van der Waals surface area contributed by atoms with Gasteiger partial charge in [0.1, 0.15) is 0 Å². The van der Waals surface area contributed by atoms with Crippen molar-refractivity contribution in [2.75, 3.05) is 13.6 Å². The molecule has 3 rings (SSSR count). The van der Waals surface area contributed by atoms with Gasteiger partial charge in [0.05, 0.1) is 17.1 Å². The zero-order valence-electron chi connectivity index (χ0n) is 14.3. The van der Waals surface area contributed by atoms with E-state index in [0.717, 1.165) is 24.3 Å². The van der Waals surface area contributed by atoms with Crippen molar-refractivity contribution < 1.29 is 4.79 Å². The minimum atomic E-state index is -0.0116. The predicted octanol–water partition coefficient (Wildman–Crippen LogP) is 3.27. The van der Waals surface area contributed by atoms with Crippen LogP contribution < -0.4 is 5.32 Å². The minimum Gasteiger partial charge on any atom is -0.333 e. The average molecular weight is 347 g/mol. The summed E-state index contributed by atoms with van der Waals surface area (Å²) in [6, 6.07) is 2.32. The van der Waals surface area contributed by atoms with Gasteiger partial charge in [-0.15, -0.1) is 11.3 Å². The highest BCUT2D eigenvalue weighted by molar-refractivity contribution is 7.09. The standard InChI is InChI=1S/C17H25N5OS/c1-13(16-18-9-11-24-16)12-21(2)17(23)20-14-6-3-4-7-15(14)22-10-5-8-19-22/h5,8-11,13-15H,3-4,6-7,12H2,1-2H3,(H,20,23)/t13-,14+,15+/m1/s1. The van der Waals surface area contributed by atoms with Crippen LogP contribution in [0.4, 0.5) is 4.79 Å². The number of carbonyl (C=O) groups is 1. The van der Waals surface area contributed by atoms with Gasteiger partial charge in [-0.3, -0.25) is 4.68 Å². The van der Waals surface area contributed by atoms with Crippen LogP contribution in [0.3, 0.4) is 0 Å².